The minimum atomic E-state index is -1.09. The number of rotatable bonds is 6. The zero-order chi connectivity index (χ0) is 12.8. The van der Waals surface area contributed by atoms with Crippen LogP contribution in [0.1, 0.15) is 16.9 Å². The molecule has 0 radical (unpaired) electrons. The molecule has 0 unspecified atom stereocenters. The van der Waals surface area contributed by atoms with Gasteiger partial charge in [0.15, 0.2) is 0 Å². The quantitative estimate of drug-likeness (QED) is 0.557. The van der Waals surface area contributed by atoms with Crippen LogP contribution < -0.4 is 11.0 Å². The summed E-state index contributed by atoms with van der Waals surface area (Å²) in [6.45, 7) is 0. The van der Waals surface area contributed by atoms with Gasteiger partial charge >= 0.3 is 11.7 Å². The maximum Gasteiger partial charge on any atom is 0.326 e. The Morgan fingerprint density at radius 1 is 1.59 bits per heavy atom. The SMILES string of the molecule is CSCC[C@H](NC(=O)c1c[nH]c(=O)[nH]1)C(=O)O. The summed E-state index contributed by atoms with van der Waals surface area (Å²) in [6, 6.07) is -0.951. The summed E-state index contributed by atoms with van der Waals surface area (Å²) < 4.78 is 0. The molecule has 0 spiro atoms. The second kappa shape index (κ2) is 6.14. The Morgan fingerprint density at radius 3 is 2.76 bits per heavy atom. The zero-order valence-electron chi connectivity index (χ0n) is 9.15. The molecule has 1 amide bonds. The van der Waals surface area contributed by atoms with Crippen molar-refractivity contribution in [1.29, 1.82) is 0 Å². The lowest BCUT2D eigenvalue weighted by Crippen LogP contribution is -2.41. The fourth-order valence-electron chi connectivity index (χ4n) is 1.18. The molecular weight excluding hydrogens is 246 g/mol. The highest BCUT2D eigenvalue weighted by Crippen LogP contribution is 2.02. The number of hydrogen-bond donors (Lipinski definition) is 4. The number of imidazole rings is 1. The number of carboxylic acids is 1. The molecule has 4 N–H and O–H groups in total. The maximum atomic E-state index is 11.6. The Morgan fingerprint density at radius 2 is 2.29 bits per heavy atom. The number of aromatic nitrogens is 2. The molecule has 17 heavy (non-hydrogen) atoms. The smallest absolute Gasteiger partial charge is 0.326 e. The Hall–Kier alpha value is -1.70. The number of thioether (sulfide) groups is 1. The van der Waals surface area contributed by atoms with E-state index in [0.717, 1.165) is 0 Å². The molecule has 1 rings (SSSR count). The van der Waals surface area contributed by atoms with E-state index in [4.69, 9.17) is 5.11 Å². The lowest BCUT2D eigenvalue weighted by molar-refractivity contribution is -0.139. The number of H-pyrrole nitrogens is 2. The van der Waals surface area contributed by atoms with E-state index in [1.807, 2.05) is 6.26 Å². The molecule has 1 heterocycles. The van der Waals surface area contributed by atoms with E-state index in [0.29, 0.717) is 12.2 Å². The van der Waals surface area contributed by atoms with Crippen molar-refractivity contribution in [3.63, 3.8) is 0 Å². The van der Waals surface area contributed by atoms with Crippen LogP contribution in [-0.4, -0.2) is 45.0 Å². The normalized spacial score (nSPS) is 12.1. The Balaban J connectivity index is 2.64. The van der Waals surface area contributed by atoms with Crippen LogP contribution in [0.2, 0.25) is 0 Å². The molecule has 0 aliphatic heterocycles. The molecule has 1 aromatic rings. The molecule has 0 bridgehead atoms. The maximum absolute atomic E-state index is 11.6. The molecule has 1 aromatic heterocycles. The van der Waals surface area contributed by atoms with E-state index in [1.54, 1.807) is 0 Å². The van der Waals surface area contributed by atoms with Gasteiger partial charge in [0.1, 0.15) is 11.7 Å². The third-order valence-corrected chi connectivity index (χ3v) is 2.70. The minimum absolute atomic E-state index is 0.0189. The highest BCUT2D eigenvalue weighted by Gasteiger charge is 2.20. The second-order valence-electron chi connectivity index (χ2n) is 3.30. The molecule has 7 nitrogen and oxygen atoms in total. The number of amides is 1. The van der Waals surface area contributed by atoms with Crippen molar-refractivity contribution >= 4 is 23.6 Å². The molecule has 94 valence electrons. The van der Waals surface area contributed by atoms with Crippen molar-refractivity contribution in [3.8, 4) is 0 Å². The summed E-state index contributed by atoms with van der Waals surface area (Å²) in [7, 11) is 0. The summed E-state index contributed by atoms with van der Waals surface area (Å²) in [4.78, 5) is 37.7. The van der Waals surface area contributed by atoms with Gasteiger partial charge in [-0.2, -0.15) is 11.8 Å². The number of hydrogen-bond acceptors (Lipinski definition) is 4. The number of aromatic amines is 2. The van der Waals surface area contributed by atoms with Crippen molar-refractivity contribution < 1.29 is 14.7 Å². The predicted molar refractivity (Wildman–Crippen MR) is 63.3 cm³/mol. The van der Waals surface area contributed by atoms with E-state index < -0.39 is 23.6 Å². The number of carbonyl (C=O) groups is 2. The average molecular weight is 259 g/mol. The van der Waals surface area contributed by atoms with E-state index in [9.17, 15) is 14.4 Å². The van der Waals surface area contributed by atoms with E-state index in [2.05, 4.69) is 15.3 Å². The van der Waals surface area contributed by atoms with Crippen LogP contribution >= 0.6 is 11.8 Å². The molecule has 0 saturated carbocycles. The number of nitrogens with one attached hydrogen (secondary N) is 3. The largest absolute Gasteiger partial charge is 0.480 e. The minimum Gasteiger partial charge on any atom is -0.480 e. The molecule has 0 saturated heterocycles. The first kappa shape index (κ1) is 13.4. The summed E-state index contributed by atoms with van der Waals surface area (Å²) in [6.07, 6.45) is 3.38. The van der Waals surface area contributed by atoms with Crippen LogP contribution in [0.25, 0.3) is 0 Å². The predicted octanol–water partition coefficient (Wildman–Crippen LogP) is -0.361. The van der Waals surface area contributed by atoms with Gasteiger partial charge in [-0.15, -0.1) is 0 Å². The molecule has 0 aliphatic carbocycles. The first-order valence-corrected chi connectivity index (χ1v) is 6.24. The van der Waals surface area contributed by atoms with Crippen molar-refractivity contribution in [1.82, 2.24) is 15.3 Å². The van der Waals surface area contributed by atoms with Crippen LogP contribution in [0.15, 0.2) is 11.0 Å². The fourth-order valence-corrected chi connectivity index (χ4v) is 1.65. The van der Waals surface area contributed by atoms with Crippen LogP contribution in [0, 0.1) is 0 Å². The second-order valence-corrected chi connectivity index (χ2v) is 4.29. The van der Waals surface area contributed by atoms with Crippen LogP contribution in [0.4, 0.5) is 0 Å². The van der Waals surface area contributed by atoms with Gasteiger partial charge in [-0.1, -0.05) is 0 Å². The van der Waals surface area contributed by atoms with Crippen molar-refractivity contribution in [2.75, 3.05) is 12.0 Å². The summed E-state index contributed by atoms with van der Waals surface area (Å²) in [5.41, 5.74) is -0.489. The molecule has 0 aromatic carbocycles. The van der Waals surface area contributed by atoms with E-state index in [-0.39, 0.29) is 5.69 Å². The lowest BCUT2D eigenvalue weighted by atomic mass is 10.2. The molecule has 8 heteroatoms. The Kier molecular flexibility index (Phi) is 4.83. The topological polar surface area (TPSA) is 115 Å². The molecule has 1 atom stereocenters. The highest BCUT2D eigenvalue weighted by molar-refractivity contribution is 7.98. The first-order valence-electron chi connectivity index (χ1n) is 4.85. The van der Waals surface area contributed by atoms with E-state index >= 15 is 0 Å². The van der Waals surface area contributed by atoms with Crippen molar-refractivity contribution in [2.24, 2.45) is 0 Å². The van der Waals surface area contributed by atoms with Crippen LogP contribution in [-0.2, 0) is 4.79 Å². The number of aliphatic carboxylic acids is 1. The third kappa shape index (κ3) is 3.99. The van der Waals surface area contributed by atoms with E-state index in [1.165, 1.54) is 18.0 Å². The van der Waals surface area contributed by atoms with Crippen molar-refractivity contribution in [2.45, 2.75) is 12.5 Å². The van der Waals surface area contributed by atoms with Gasteiger partial charge in [0.05, 0.1) is 0 Å². The van der Waals surface area contributed by atoms with Gasteiger partial charge in [0.2, 0.25) is 0 Å². The lowest BCUT2D eigenvalue weighted by Gasteiger charge is -2.12. The Bertz CT molecular complexity index is 453. The third-order valence-electron chi connectivity index (χ3n) is 2.05. The number of carbonyl (C=O) groups excluding carboxylic acids is 1. The van der Waals surface area contributed by atoms with Crippen LogP contribution in [0.5, 0.6) is 0 Å². The number of carboxylic acid groups (broad SMARTS) is 1. The average Bonchev–Trinajstić information content (AvgIpc) is 2.70. The van der Waals surface area contributed by atoms with Gasteiger partial charge in [0, 0.05) is 6.20 Å². The molecule has 0 fully saturated rings. The molecular formula is C9H13N3O4S. The van der Waals surface area contributed by atoms with Gasteiger partial charge in [-0.3, -0.25) is 4.79 Å². The summed E-state index contributed by atoms with van der Waals surface area (Å²) >= 11 is 1.50. The first-order chi connectivity index (χ1) is 8.04. The van der Waals surface area contributed by atoms with Gasteiger partial charge in [0.25, 0.3) is 5.91 Å². The molecule has 0 aliphatic rings. The Labute approximate surface area is 101 Å². The fraction of sp³-hybridized carbons (Fsp3) is 0.444. The zero-order valence-corrected chi connectivity index (χ0v) is 9.97. The van der Waals surface area contributed by atoms with Crippen molar-refractivity contribution in [3.05, 3.63) is 22.4 Å². The highest BCUT2D eigenvalue weighted by atomic mass is 32.2. The van der Waals surface area contributed by atoms with Gasteiger partial charge in [-0.25, -0.2) is 9.59 Å². The van der Waals surface area contributed by atoms with Gasteiger partial charge < -0.3 is 20.4 Å². The standard InChI is InChI=1S/C9H13N3O4S/c1-17-3-2-5(8(14)15)11-7(13)6-4-10-9(16)12-6/h4-5H,2-3H2,1H3,(H,11,13)(H,14,15)(H2,10,12,16)/t5-/m0/s1. The summed E-state index contributed by atoms with van der Waals surface area (Å²) in [5, 5.41) is 11.2. The van der Waals surface area contributed by atoms with Gasteiger partial charge in [-0.05, 0) is 18.4 Å². The van der Waals surface area contributed by atoms with Crippen LogP contribution in [0.3, 0.4) is 0 Å². The monoisotopic (exact) mass is 259 g/mol. The summed E-state index contributed by atoms with van der Waals surface area (Å²) in [5.74, 6) is -1.08.